The van der Waals surface area contributed by atoms with Crippen molar-refractivity contribution in [2.45, 2.75) is 46.3 Å². The van der Waals surface area contributed by atoms with Gasteiger partial charge in [-0.3, -0.25) is 4.79 Å². The smallest absolute Gasteiger partial charge is 0.417 e. The Morgan fingerprint density at radius 2 is 1.71 bits per heavy atom. The number of cyclic esters (lactones) is 1. The maximum Gasteiger partial charge on any atom is 0.417 e. The average molecular weight is 423 g/mol. The number of nitrogens with zero attached hydrogens (tertiary/aromatic N) is 2. The molecule has 0 bridgehead atoms. The first-order chi connectivity index (χ1) is 15.0. The number of imide groups is 1. The molecule has 0 N–H and O–H groups in total. The molecule has 1 saturated heterocycles. The van der Waals surface area contributed by atoms with Crippen LogP contribution < -0.4 is 0 Å². The number of carbonyl (C=O) groups is 2. The van der Waals surface area contributed by atoms with Crippen molar-refractivity contribution in [2.75, 3.05) is 6.61 Å². The first kappa shape index (κ1) is 22.5. The number of oxime groups is 1. The molecule has 3 rings (SSSR count). The topological polar surface area (TPSA) is 68.2 Å². The summed E-state index contributed by atoms with van der Waals surface area (Å²) in [7, 11) is 0. The zero-order valence-corrected chi connectivity index (χ0v) is 18.4. The van der Waals surface area contributed by atoms with Crippen LogP contribution >= 0.6 is 0 Å². The Hall–Kier alpha value is -3.15. The number of ether oxygens (including phenoxy) is 1. The highest BCUT2D eigenvalue weighted by atomic mass is 16.6. The summed E-state index contributed by atoms with van der Waals surface area (Å²) in [5, 5.41) is 4.22. The third-order valence-electron chi connectivity index (χ3n) is 5.30. The third kappa shape index (κ3) is 6.17. The molecule has 6 heteroatoms. The minimum Gasteiger partial charge on any atom is -0.447 e. The molecule has 1 heterocycles. The zero-order chi connectivity index (χ0) is 22.2. The van der Waals surface area contributed by atoms with Gasteiger partial charge in [-0.15, -0.1) is 0 Å². The normalized spacial score (nSPS) is 17.5. The molecule has 2 amide bonds. The van der Waals surface area contributed by atoms with Crippen LogP contribution in [-0.4, -0.2) is 35.3 Å². The molecule has 2 aromatic rings. The molecule has 0 spiro atoms. The molecule has 0 unspecified atom stereocenters. The van der Waals surface area contributed by atoms with Gasteiger partial charge in [0, 0.05) is 0 Å². The van der Waals surface area contributed by atoms with E-state index in [1.54, 1.807) is 6.92 Å². The van der Waals surface area contributed by atoms with Crippen molar-refractivity contribution < 1.29 is 19.2 Å². The standard InChI is InChI=1S/C25H30N2O4/c1-18(2)14-23(19(3)26-31-16-21-12-8-5-9-13-21)24(28)27-22(17-30-25(27)29)15-20-10-6-4-7-11-20/h4-13,18,22-23H,14-17H2,1-3H3/t22-,23+/m0/s1. The second kappa shape index (κ2) is 10.8. The van der Waals surface area contributed by atoms with Crippen LogP contribution in [0.2, 0.25) is 0 Å². The van der Waals surface area contributed by atoms with Gasteiger partial charge in [0.15, 0.2) is 0 Å². The van der Waals surface area contributed by atoms with Gasteiger partial charge in [0.2, 0.25) is 5.91 Å². The van der Waals surface area contributed by atoms with Gasteiger partial charge in [-0.2, -0.15) is 0 Å². The van der Waals surface area contributed by atoms with E-state index in [0.29, 0.717) is 25.2 Å². The highest BCUT2D eigenvalue weighted by Gasteiger charge is 2.41. The number of hydrogen-bond donors (Lipinski definition) is 0. The fraction of sp³-hybridized carbons (Fsp3) is 0.400. The molecule has 1 fully saturated rings. The Bertz CT molecular complexity index is 896. The SMILES string of the molecule is CC(=NOCc1ccccc1)[C@@H](CC(C)C)C(=O)N1C(=O)OC[C@@H]1Cc1ccccc1. The van der Waals surface area contributed by atoms with E-state index < -0.39 is 12.0 Å². The number of benzene rings is 2. The quantitative estimate of drug-likeness (QED) is 0.429. The minimum absolute atomic E-state index is 0.203. The Morgan fingerprint density at radius 1 is 1.10 bits per heavy atom. The highest BCUT2D eigenvalue weighted by molar-refractivity contribution is 6.07. The molecule has 0 aliphatic carbocycles. The van der Waals surface area contributed by atoms with Crippen molar-refractivity contribution >= 4 is 17.7 Å². The fourth-order valence-corrected chi connectivity index (χ4v) is 3.70. The van der Waals surface area contributed by atoms with Crippen LogP contribution in [0, 0.1) is 11.8 Å². The van der Waals surface area contributed by atoms with Crippen molar-refractivity contribution in [2.24, 2.45) is 17.0 Å². The number of rotatable bonds is 9. The molecule has 164 valence electrons. The van der Waals surface area contributed by atoms with Crippen molar-refractivity contribution in [3.8, 4) is 0 Å². The molecule has 2 atom stereocenters. The second-order valence-electron chi connectivity index (χ2n) is 8.30. The predicted molar refractivity (Wildman–Crippen MR) is 119 cm³/mol. The summed E-state index contributed by atoms with van der Waals surface area (Å²) in [6.07, 6.45) is 0.552. The van der Waals surface area contributed by atoms with E-state index in [1.165, 1.54) is 4.90 Å². The molecular weight excluding hydrogens is 392 g/mol. The molecule has 0 radical (unpaired) electrons. The summed E-state index contributed by atoms with van der Waals surface area (Å²) >= 11 is 0. The minimum atomic E-state index is -0.585. The Kier molecular flexibility index (Phi) is 7.82. The molecule has 6 nitrogen and oxygen atoms in total. The monoisotopic (exact) mass is 422 g/mol. The summed E-state index contributed by atoms with van der Waals surface area (Å²) in [5.74, 6) is -0.569. The van der Waals surface area contributed by atoms with E-state index >= 15 is 0 Å². The van der Waals surface area contributed by atoms with Crippen LogP contribution in [0.3, 0.4) is 0 Å². The maximum absolute atomic E-state index is 13.5. The Balaban J connectivity index is 1.73. The maximum atomic E-state index is 13.5. The summed E-state index contributed by atoms with van der Waals surface area (Å²) in [5.41, 5.74) is 2.62. The van der Waals surface area contributed by atoms with Crippen LogP contribution in [0.15, 0.2) is 65.8 Å². The van der Waals surface area contributed by atoms with E-state index in [2.05, 4.69) is 5.16 Å². The van der Waals surface area contributed by atoms with Crippen molar-refractivity contribution in [3.63, 3.8) is 0 Å². The van der Waals surface area contributed by atoms with Gasteiger partial charge < -0.3 is 9.57 Å². The molecule has 1 aliphatic rings. The van der Waals surface area contributed by atoms with E-state index in [0.717, 1.165) is 11.1 Å². The summed E-state index contributed by atoms with van der Waals surface area (Å²) in [4.78, 5) is 32.7. The zero-order valence-electron chi connectivity index (χ0n) is 18.4. The Morgan fingerprint density at radius 3 is 2.32 bits per heavy atom. The van der Waals surface area contributed by atoms with Crippen LogP contribution in [0.5, 0.6) is 0 Å². The van der Waals surface area contributed by atoms with Crippen molar-refractivity contribution in [1.29, 1.82) is 0 Å². The van der Waals surface area contributed by atoms with Gasteiger partial charge in [-0.05, 0) is 36.8 Å². The van der Waals surface area contributed by atoms with E-state index in [1.807, 2.05) is 74.5 Å². The lowest BCUT2D eigenvalue weighted by atomic mass is 9.91. The number of carbonyl (C=O) groups excluding carboxylic acids is 2. The van der Waals surface area contributed by atoms with Gasteiger partial charge in [0.25, 0.3) is 0 Å². The summed E-state index contributed by atoms with van der Waals surface area (Å²) < 4.78 is 5.24. The van der Waals surface area contributed by atoms with Gasteiger partial charge in [-0.25, -0.2) is 9.69 Å². The van der Waals surface area contributed by atoms with Crippen LogP contribution in [0.1, 0.15) is 38.3 Å². The molecule has 0 saturated carbocycles. The molecule has 2 aromatic carbocycles. The van der Waals surface area contributed by atoms with Gasteiger partial charge >= 0.3 is 6.09 Å². The first-order valence-corrected chi connectivity index (χ1v) is 10.7. The van der Waals surface area contributed by atoms with Gasteiger partial charge in [-0.1, -0.05) is 79.7 Å². The lowest BCUT2D eigenvalue weighted by Crippen LogP contribution is -2.45. The molecule has 0 aromatic heterocycles. The third-order valence-corrected chi connectivity index (χ3v) is 5.30. The summed E-state index contributed by atoms with van der Waals surface area (Å²) in [6, 6.07) is 19.2. The highest BCUT2D eigenvalue weighted by Crippen LogP contribution is 2.24. The van der Waals surface area contributed by atoms with Crippen LogP contribution in [0.25, 0.3) is 0 Å². The molecular formula is C25H30N2O4. The van der Waals surface area contributed by atoms with Crippen LogP contribution in [0.4, 0.5) is 4.79 Å². The average Bonchev–Trinajstić information content (AvgIpc) is 3.12. The van der Waals surface area contributed by atoms with Crippen molar-refractivity contribution in [1.82, 2.24) is 4.90 Å². The van der Waals surface area contributed by atoms with Crippen molar-refractivity contribution in [3.05, 3.63) is 71.8 Å². The fourth-order valence-electron chi connectivity index (χ4n) is 3.70. The lowest BCUT2D eigenvalue weighted by Gasteiger charge is -2.25. The second-order valence-corrected chi connectivity index (χ2v) is 8.30. The summed E-state index contributed by atoms with van der Waals surface area (Å²) in [6.45, 7) is 6.39. The van der Waals surface area contributed by atoms with Gasteiger partial charge in [0.05, 0.1) is 17.7 Å². The first-order valence-electron chi connectivity index (χ1n) is 10.7. The largest absolute Gasteiger partial charge is 0.447 e. The lowest BCUT2D eigenvalue weighted by molar-refractivity contribution is -0.131. The molecule has 1 aliphatic heterocycles. The van der Waals surface area contributed by atoms with Crippen LogP contribution in [-0.2, 0) is 27.4 Å². The van der Waals surface area contributed by atoms with E-state index in [4.69, 9.17) is 9.57 Å². The van der Waals surface area contributed by atoms with E-state index in [9.17, 15) is 9.59 Å². The predicted octanol–water partition coefficient (Wildman–Crippen LogP) is 4.83. The number of amides is 2. The molecule has 31 heavy (non-hydrogen) atoms. The van der Waals surface area contributed by atoms with E-state index in [-0.39, 0.29) is 24.5 Å². The number of hydrogen-bond acceptors (Lipinski definition) is 5. The van der Waals surface area contributed by atoms with Gasteiger partial charge in [0.1, 0.15) is 13.2 Å². The Labute approximate surface area is 183 Å².